The van der Waals surface area contributed by atoms with Crippen LogP contribution >= 0.6 is 0 Å². The molecule has 0 saturated carbocycles. The number of hydrogen-bond donors (Lipinski definition) is 1. The molecule has 1 aromatic heterocycles. The van der Waals surface area contributed by atoms with Crippen LogP contribution in [-0.4, -0.2) is 30.5 Å². The Morgan fingerprint density at radius 2 is 1.92 bits per heavy atom. The number of pyridine rings is 1. The first-order chi connectivity index (χ1) is 12.1. The number of benzene rings is 1. The molecule has 1 aromatic carbocycles. The second-order valence-corrected chi connectivity index (χ2v) is 5.80. The van der Waals surface area contributed by atoms with Crippen molar-refractivity contribution in [3.05, 3.63) is 70.7 Å². The standard InChI is InChI=1S/C20H25NO4/c1-15(7-4-5-14-22)19(25-3)16-9-11-17(12-10-16)21-13-6-8-18(24-2)20(21)23/h4,6-13,15,19,22H,5,14H2,1-3H3/b7-4+/t15-,19+/m0/s1. The number of rotatable bonds is 8. The highest BCUT2D eigenvalue weighted by molar-refractivity contribution is 5.37. The number of hydrogen-bond acceptors (Lipinski definition) is 4. The first kappa shape index (κ1) is 19.0. The Bertz CT molecular complexity index is 749. The number of aliphatic hydroxyl groups is 1. The fraction of sp³-hybridized carbons (Fsp3) is 0.350. The maximum atomic E-state index is 12.3. The van der Waals surface area contributed by atoms with Gasteiger partial charge in [-0.15, -0.1) is 0 Å². The van der Waals surface area contributed by atoms with Gasteiger partial charge in [0.2, 0.25) is 0 Å². The lowest BCUT2D eigenvalue weighted by atomic mass is 9.96. The number of nitrogens with zero attached hydrogens (tertiary/aromatic N) is 1. The highest BCUT2D eigenvalue weighted by Gasteiger charge is 2.16. The van der Waals surface area contributed by atoms with E-state index >= 15 is 0 Å². The Morgan fingerprint density at radius 1 is 1.20 bits per heavy atom. The van der Waals surface area contributed by atoms with Crippen LogP contribution in [0, 0.1) is 5.92 Å². The molecule has 5 nitrogen and oxygen atoms in total. The molecule has 0 radical (unpaired) electrons. The van der Waals surface area contributed by atoms with Crippen LogP contribution in [0.2, 0.25) is 0 Å². The van der Waals surface area contributed by atoms with Crippen LogP contribution < -0.4 is 10.3 Å². The number of aliphatic hydroxyl groups excluding tert-OH is 1. The molecule has 0 aliphatic heterocycles. The molecule has 2 atom stereocenters. The number of aromatic nitrogens is 1. The molecular weight excluding hydrogens is 318 g/mol. The molecule has 0 bridgehead atoms. The Kier molecular flexibility index (Phi) is 6.98. The largest absolute Gasteiger partial charge is 0.491 e. The maximum Gasteiger partial charge on any atom is 0.297 e. The van der Waals surface area contributed by atoms with Gasteiger partial charge in [0.25, 0.3) is 5.56 Å². The average Bonchev–Trinajstić information content (AvgIpc) is 2.63. The molecule has 0 aliphatic rings. The fourth-order valence-electron chi connectivity index (χ4n) is 2.80. The van der Waals surface area contributed by atoms with E-state index in [1.165, 1.54) is 7.11 Å². The van der Waals surface area contributed by atoms with Crippen molar-refractivity contribution in [1.29, 1.82) is 0 Å². The van der Waals surface area contributed by atoms with Crippen LogP contribution in [0.3, 0.4) is 0 Å². The van der Waals surface area contributed by atoms with Gasteiger partial charge in [-0.3, -0.25) is 9.36 Å². The van der Waals surface area contributed by atoms with Crippen molar-refractivity contribution in [3.63, 3.8) is 0 Å². The van der Waals surface area contributed by atoms with Crippen LogP contribution in [-0.2, 0) is 4.74 Å². The Labute approximate surface area is 148 Å². The third kappa shape index (κ3) is 4.59. The zero-order valence-electron chi connectivity index (χ0n) is 14.9. The molecule has 5 heteroatoms. The van der Waals surface area contributed by atoms with Gasteiger partial charge in [0, 0.05) is 31.5 Å². The normalized spacial score (nSPS) is 13.8. The van der Waals surface area contributed by atoms with Crippen molar-refractivity contribution >= 4 is 0 Å². The molecule has 0 fully saturated rings. The Morgan fingerprint density at radius 3 is 2.52 bits per heavy atom. The van der Waals surface area contributed by atoms with E-state index in [0.29, 0.717) is 12.2 Å². The molecule has 0 spiro atoms. The molecule has 0 amide bonds. The SMILES string of the molecule is COc1cccn(-c2ccc([C@H](OC)[C@@H](C)/C=C/CCO)cc2)c1=O. The summed E-state index contributed by atoms with van der Waals surface area (Å²) in [5.74, 6) is 0.478. The lowest BCUT2D eigenvalue weighted by Gasteiger charge is -2.21. The first-order valence-electron chi connectivity index (χ1n) is 8.28. The summed E-state index contributed by atoms with van der Waals surface area (Å²) in [6.45, 7) is 2.22. The number of methoxy groups -OCH3 is 2. The van der Waals surface area contributed by atoms with Crippen molar-refractivity contribution in [1.82, 2.24) is 4.57 Å². The van der Waals surface area contributed by atoms with E-state index in [9.17, 15) is 4.79 Å². The van der Waals surface area contributed by atoms with Gasteiger partial charge in [0.05, 0.1) is 13.2 Å². The van der Waals surface area contributed by atoms with Crippen LogP contribution in [0.5, 0.6) is 5.75 Å². The minimum absolute atomic E-state index is 0.0916. The third-order valence-electron chi connectivity index (χ3n) is 4.10. The second-order valence-electron chi connectivity index (χ2n) is 5.80. The van der Waals surface area contributed by atoms with Crippen molar-refractivity contribution < 1.29 is 14.6 Å². The molecule has 25 heavy (non-hydrogen) atoms. The lowest BCUT2D eigenvalue weighted by molar-refractivity contribution is 0.0740. The van der Waals surface area contributed by atoms with Crippen molar-refractivity contribution in [2.24, 2.45) is 5.92 Å². The smallest absolute Gasteiger partial charge is 0.297 e. The van der Waals surface area contributed by atoms with E-state index < -0.39 is 0 Å². The second kappa shape index (κ2) is 9.20. The van der Waals surface area contributed by atoms with Crippen molar-refractivity contribution in [2.75, 3.05) is 20.8 Å². The minimum atomic E-state index is -0.193. The monoisotopic (exact) mass is 343 g/mol. The molecule has 134 valence electrons. The molecule has 1 N–H and O–H groups in total. The summed E-state index contributed by atoms with van der Waals surface area (Å²) in [6.07, 6.45) is 6.27. The average molecular weight is 343 g/mol. The summed E-state index contributed by atoms with van der Waals surface area (Å²) >= 11 is 0. The fourth-order valence-corrected chi connectivity index (χ4v) is 2.80. The topological polar surface area (TPSA) is 60.7 Å². The zero-order chi connectivity index (χ0) is 18.2. The van der Waals surface area contributed by atoms with Crippen molar-refractivity contribution in [2.45, 2.75) is 19.4 Å². The van der Waals surface area contributed by atoms with Gasteiger partial charge >= 0.3 is 0 Å². The third-order valence-corrected chi connectivity index (χ3v) is 4.10. The van der Waals surface area contributed by atoms with Gasteiger partial charge in [-0.25, -0.2) is 0 Å². The van der Waals surface area contributed by atoms with Gasteiger partial charge in [-0.05, 0) is 36.2 Å². The summed E-state index contributed by atoms with van der Waals surface area (Å²) in [5, 5.41) is 8.87. The summed E-state index contributed by atoms with van der Waals surface area (Å²) in [5.41, 5.74) is 1.61. The molecule has 2 aromatic rings. The van der Waals surface area contributed by atoms with E-state index in [-0.39, 0.29) is 24.2 Å². The lowest BCUT2D eigenvalue weighted by Crippen LogP contribution is -2.19. The first-order valence-corrected chi connectivity index (χ1v) is 8.28. The van der Waals surface area contributed by atoms with Crippen LogP contribution in [0.1, 0.15) is 25.0 Å². The van der Waals surface area contributed by atoms with Gasteiger partial charge < -0.3 is 14.6 Å². The predicted molar refractivity (Wildman–Crippen MR) is 98.3 cm³/mol. The summed E-state index contributed by atoms with van der Waals surface area (Å²) in [4.78, 5) is 12.3. The van der Waals surface area contributed by atoms with Gasteiger partial charge in [-0.1, -0.05) is 31.2 Å². The molecule has 0 saturated heterocycles. The van der Waals surface area contributed by atoms with Gasteiger partial charge in [0.15, 0.2) is 5.75 Å². The summed E-state index contributed by atoms with van der Waals surface area (Å²) in [7, 11) is 3.17. The van der Waals surface area contributed by atoms with E-state index in [4.69, 9.17) is 14.6 Å². The van der Waals surface area contributed by atoms with Gasteiger partial charge in [-0.2, -0.15) is 0 Å². The van der Waals surface area contributed by atoms with E-state index in [0.717, 1.165) is 11.3 Å². The zero-order valence-corrected chi connectivity index (χ0v) is 14.9. The predicted octanol–water partition coefficient (Wildman–Crippen LogP) is 3.11. The summed E-state index contributed by atoms with van der Waals surface area (Å²) < 4.78 is 12.3. The van der Waals surface area contributed by atoms with E-state index in [2.05, 4.69) is 6.92 Å². The molecule has 1 heterocycles. The van der Waals surface area contributed by atoms with Crippen LogP contribution in [0.15, 0.2) is 59.5 Å². The quantitative estimate of drug-likeness (QED) is 0.748. The Hall–Kier alpha value is -2.37. The highest BCUT2D eigenvalue weighted by Crippen LogP contribution is 2.27. The molecule has 0 aliphatic carbocycles. The minimum Gasteiger partial charge on any atom is -0.491 e. The van der Waals surface area contributed by atoms with Crippen LogP contribution in [0.4, 0.5) is 0 Å². The van der Waals surface area contributed by atoms with Crippen molar-refractivity contribution in [3.8, 4) is 11.4 Å². The number of ether oxygens (including phenoxy) is 2. The van der Waals surface area contributed by atoms with E-state index in [1.54, 1.807) is 30.0 Å². The summed E-state index contributed by atoms with van der Waals surface area (Å²) in [6, 6.07) is 11.1. The maximum absolute atomic E-state index is 12.3. The van der Waals surface area contributed by atoms with Crippen LogP contribution in [0.25, 0.3) is 5.69 Å². The Balaban J connectivity index is 2.25. The van der Waals surface area contributed by atoms with E-state index in [1.807, 2.05) is 36.4 Å². The van der Waals surface area contributed by atoms with Gasteiger partial charge in [0.1, 0.15) is 0 Å². The molecular formula is C20H25NO4. The highest BCUT2D eigenvalue weighted by atomic mass is 16.5. The molecule has 2 rings (SSSR count). The molecule has 0 unspecified atom stereocenters.